The maximum atomic E-state index is 13.3. The third-order valence-electron chi connectivity index (χ3n) is 6.06. The normalized spacial score (nSPS) is 13.2. The van der Waals surface area contributed by atoms with Crippen LogP contribution in [0.2, 0.25) is 0 Å². The number of aromatic nitrogens is 1. The first-order valence-corrected chi connectivity index (χ1v) is 12.8. The third kappa shape index (κ3) is 3.70. The molecule has 0 radical (unpaired) electrons. The quantitative estimate of drug-likeness (QED) is 0.419. The molecule has 1 aliphatic rings. The van der Waals surface area contributed by atoms with Crippen LogP contribution < -0.4 is 14.6 Å². The lowest BCUT2D eigenvalue weighted by Crippen LogP contribution is -2.33. The summed E-state index contributed by atoms with van der Waals surface area (Å²) >= 11 is 3.34. The summed E-state index contributed by atoms with van der Waals surface area (Å²) in [5, 5.41) is 0.142. The van der Waals surface area contributed by atoms with Gasteiger partial charge in [0.05, 0.1) is 10.6 Å². The first-order chi connectivity index (χ1) is 16.3. The number of amides is 1. The van der Waals surface area contributed by atoms with E-state index < -0.39 is 21.4 Å². The van der Waals surface area contributed by atoms with E-state index in [2.05, 4.69) is 20.9 Å². The van der Waals surface area contributed by atoms with Gasteiger partial charge in [-0.1, -0.05) is 34.1 Å². The summed E-state index contributed by atoms with van der Waals surface area (Å²) in [6.45, 7) is 0.488. The van der Waals surface area contributed by atoms with Gasteiger partial charge >= 0.3 is 0 Å². The molecule has 0 unspecified atom stereocenters. The molecule has 1 aliphatic heterocycles. The van der Waals surface area contributed by atoms with Crippen molar-refractivity contribution in [3.63, 3.8) is 0 Å². The molecule has 0 fully saturated rings. The Bertz CT molecular complexity index is 1600. The van der Waals surface area contributed by atoms with Crippen molar-refractivity contribution in [2.45, 2.75) is 11.3 Å². The number of nitrogens with zero attached hydrogens (tertiary/aromatic N) is 2. The van der Waals surface area contributed by atoms with Crippen LogP contribution in [0.5, 0.6) is 0 Å². The van der Waals surface area contributed by atoms with Gasteiger partial charge in [0.2, 0.25) is 5.43 Å². The zero-order valence-corrected chi connectivity index (χ0v) is 20.6. The lowest BCUT2D eigenvalue weighted by Gasteiger charge is -2.20. The standard InChI is InChI=1S/C25H20BrN3O4S/c1-28(18-8-6-17(26)7-9-18)34(32,33)19-10-11-22-20(14-19)24(30)21(15-27-22)25(31)29-13-12-16-4-2-3-5-23(16)29/h2-11,14-15H,12-13H2,1H3,(H,27,30). The summed E-state index contributed by atoms with van der Waals surface area (Å²) in [5.74, 6) is -0.409. The van der Waals surface area contributed by atoms with Crippen molar-refractivity contribution in [1.29, 1.82) is 0 Å². The topological polar surface area (TPSA) is 90.6 Å². The Balaban J connectivity index is 1.55. The SMILES string of the molecule is CN(c1ccc(Br)cc1)S(=O)(=O)c1ccc2[nH]cc(C(=O)N3CCc4ccccc43)c(=O)c2c1. The second-order valence-electron chi connectivity index (χ2n) is 8.02. The number of hydrogen-bond acceptors (Lipinski definition) is 4. The molecule has 0 atom stereocenters. The molecule has 0 bridgehead atoms. The van der Waals surface area contributed by atoms with Gasteiger partial charge in [0.25, 0.3) is 15.9 Å². The van der Waals surface area contributed by atoms with Crippen molar-refractivity contribution in [3.8, 4) is 0 Å². The van der Waals surface area contributed by atoms with Gasteiger partial charge in [0.15, 0.2) is 0 Å². The maximum absolute atomic E-state index is 13.3. The number of benzene rings is 3. The van der Waals surface area contributed by atoms with Crippen LogP contribution in [-0.2, 0) is 16.4 Å². The van der Waals surface area contributed by atoms with Crippen LogP contribution in [0.25, 0.3) is 10.9 Å². The molecule has 3 aromatic carbocycles. The summed E-state index contributed by atoms with van der Waals surface area (Å²) in [6, 6.07) is 18.8. The molecule has 0 saturated carbocycles. The van der Waals surface area contributed by atoms with Crippen LogP contribution in [0.3, 0.4) is 0 Å². The number of sulfonamides is 1. The molecule has 4 aromatic rings. The average Bonchev–Trinajstić information content (AvgIpc) is 3.28. The van der Waals surface area contributed by atoms with Gasteiger partial charge < -0.3 is 9.88 Å². The number of nitrogens with one attached hydrogen (secondary N) is 1. The van der Waals surface area contributed by atoms with Crippen molar-refractivity contribution in [2.75, 3.05) is 22.8 Å². The van der Waals surface area contributed by atoms with Gasteiger partial charge in [-0.25, -0.2) is 8.42 Å². The fourth-order valence-electron chi connectivity index (χ4n) is 4.16. The molecule has 5 rings (SSSR count). The highest BCUT2D eigenvalue weighted by atomic mass is 79.9. The zero-order chi connectivity index (χ0) is 24.0. The Kier molecular flexibility index (Phi) is 5.53. The minimum absolute atomic E-state index is 0.0278. The van der Waals surface area contributed by atoms with E-state index in [1.54, 1.807) is 35.2 Å². The highest BCUT2D eigenvalue weighted by molar-refractivity contribution is 9.10. The van der Waals surface area contributed by atoms with Crippen molar-refractivity contribution >= 4 is 54.1 Å². The monoisotopic (exact) mass is 537 g/mol. The Labute approximate surface area is 204 Å². The molecule has 172 valence electrons. The molecular formula is C25H20BrN3O4S. The number of carbonyl (C=O) groups excluding carboxylic acids is 1. The lowest BCUT2D eigenvalue weighted by atomic mass is 10.1. The van der Waals surface area contributed by atoms with E-state index in [0.717, 1.165) is 26.4 Å². The van der Waals surface area contributed by atoms with E-state index in [0.29, 0.717) is 17.7 Å². The van der Waals surface area contributed by atoms with Crippen molar-refractivity contribution in [3.05, 3.63) is 98.7 Å². The fraction of sp³-hybridized carbons (Fsp3) is 0.120. The number of H-pyrrole nitrogens is 1. The molecule has 34 heavy (non-hydrogen) atoms. The molecule has 0 spiro atoms. The summed E-state index contributed by atoms with van der Waals surface area (Å²) < 4.78 is 28.5. The lowest BCUT2D eigenvalue weighted by molar-refractivity contribution is 0.0988. The van der Waals surface area contributed by atoms with E-state index >= 15 is 0 Å². The zero-order valence-electron chi connectivity index (χ0n) is 18.2. The molecule has 9 heteroatoms. The van der Waals surface area contributed by atoms with Crippen LogP contribution in [0.1, 0.15) is 15.9 Å². The minimum atomic E-state index is -3.93. The number of para-hydroxylation sites is 1. The van der Waals surface area contributed by atoms with Crippen molar-refractivity contribution in [2.24, 2.45) is 0 Å². The number of hydrogen-bond donors (Lipinski definition) is 1. The van der Waals surface area contributed by atoms with Crippen molar-refractivity contribution < 1.29 is 13.2 Å². The van der Waals surface area contributed by atoms with Crippen LogP contribution in [0.4, 0.5) is 11.4 Å². The number of carbonyl (C=O) groups is 1. The molecule has 1 amide bonds. The first-order valence-electron chi connectivity index (χ1n) is 10.6. The predicted molar refractivity (Wildman–Crippen MR) is 136 cm³/mol. The van der Waals surface area contributed by atoms with E-state index in [1.807, 2.05) is 24.3 Å². The smallest absolute Gasteiger partial charge is 0.264 e. The number of aromatic amines is 1. The predicted octanol–water partition coefficient (Wildman–Crippen LogP) is 4.32. The molecule has 2 heterocycles. The Morgan fingerprint density at radius 2 is 1.79 bits per heavy atom. The summed E-state index contributed by atoms with van der Waals surface area (Å²) in [5.41, 5.74) is 2.24. The molecule has 0 saturated heterocycles. The fourth-order valence-corrected chi connectivity index (χ4v) is 5.65. The average molecular weight is 538 g/mol. The second-order valence-corrected chi connectivity index (χ2v) is 10.9. The Morgan fingerprint density at radius 1 is 1.06 bits per heavy atom. The van der Waals surface area contributed by atoms with Crippen LogP contribution >= 0.6 is 15.9 Å². The molecule has 7 nitrogen and oxygen atoms in total. The van der Waals surface area contributed by atoms with Gasteiger partial charge in [-0.15, -0.1) is 0 Å². The van der Waals surface area contributed by atoms with Gasteiger partial charge in [-0.2, -0.15) is 0 Å². The van der Waals surface area contributed by atoms with Gasteiger partial charge in [-0.3, -0.25) is 13.9 Å². The number of fused-ring (bicyclic) bond motifs is 2. The molecule has 1 N–H and O–H groups in total. The minimum Gasteiger partial charge on any atom is -0.360 e. The highest BCUT2D eigenvalue weighted by Crippen LogP contribution is 2.29. The van der Waals surface area contributed by atoms with E-state index in [9.17, 15) is 18.0 Å². The van der Waals surface area contributed by atoms with Gasteiger partial charge in [0.1, 0.15) is 5.56 Å². The maximum Gasteiger partial charge on any atom is 0.264 e. The van der Waals surface area contributed by atoms with E-state index in [-0.39, 0.29) is 15.8 Å². The Morgan fingerprint density at radius 3 is 2.56 bits per heavy atom. The van der Waals surface area contributed by atoms with E-state index in [4.69, 9.17) is 0 Å². The number of rotatable bonds is 4. The van der Waals surface area contributed by atoms with E-state index in [1.165, 1.54) is 25.4 Å². The number of anilines is 2. The van der Waals surface area contributed by atoms with Crippen LogP contribution in [-0.4, -0.2) is 32.9 Å². The number of pyridine rings is 1. The number of halogens is 1. The first kappa shape index (κ1) is 22.4. The largest absolute Gasteiger partial charge is 0.360 e. The molecule has 0 aliphatic carbocycles. The van der Waals surface area contributed by atoms with Crippen LogP contribution in [0, 0.1) is 0 Å². The second kappa shape index (κ2) is 8.41. The van der Waals surface area contributed by atoms with Gasteiger partial charge in [-0.05, 0) is 60.5 Å². The highest BCUT2D eigenvalue weighted by Gasteiger charge is 2.28. The summed E-state index contributed by atoms with van der Waals surface area (Å²) in [6.07, 6.45) is 2.12. The summed E-state index contributed by atoms with van der Waals surface area (Å²) in [4.78, 5) is 31.1. The summed E-state index contributed by atoms with van der Waals surface area (Å²) in [7, 11) is -2.48. The third-order valence-corrected chi connectivity index (χ3v) is 8.37. The molecule has 1 aromatic heterocycles. The van der Waals surface area contributed by atoms with Gasteiger partial charge in [0, 0.05) is 40.9 Å². The Hall–Kier alpha value is -3.43. The van der Waals surface area contributed by atoms with Crippen LogP contribution in [0.15, 0.2) is 87.1 Å². The van der Waals surface area contributed by atoms with Crippen molar-refractivity contribution in [1.82, 2.24) is 4.98 Å². The molecular weight excluding hydrogens is 518 g/mol.